The predicted octanol–water partition coefficient (Wildman–Crippen LogP) is 2.26. The molecule has 0 unspecified atom stereocenters. The highest BCUT2D eigenvalue weighted by Gasteiger charge is 2.33. The first-order valence-electron chi connectivity index (χ1n) is 8.14. The molecule has 26 heavy (non-hydrogen) atoms. The first-order chi connectivity index (χ1) is 12.4. The molecule has 2 aromatic rings. The minimum atomic E-state index is -4.50. The molecule has 6 nitrogen and oxygen atoms in total. The van der Waals surface area contributed by atoms with E-state index < -0.39 is 11.9 Å². The Morgan fingerprint density at radius 2 is 1.77 bits per heavy atom. The lowest BCUT2D eigenvalue weighted by Crippen LogP contribution is -2.49. The minimum absolute atomic E-state index is 0.196. The SMILES string of the molecule is COc1ccc(N2CCN(C(=O)Cn3ccc(C(F)(F)F)n3)CC2)cc1. The summed E-state index contributed by atoms with van der Waals surface area (Å²) in [6.07, 6.45) is -3.33. The van der Waals surface area contributed by atoms with Crippen molar-refractivity contribution in [1.82, 2.24) is 14.7 Å². The van der Waals surface area contributed by atoms with Crippen LogP contribution < -0.4 is 9.64 Å². The van der Waals surface area contributed by atoms with Crippen molar-refractivity contribution >= 4 is 11.6 Å². The van der Waals surface area contributed by atoms with E-state index >= 15 is 0 Å². The molecule has 0 saturated carbocycles. The summed E-state index contributed by atoms with van der Waals surface area (Å²) < 4.78 is 43.8. The molecule has 1 aromatic carbocycles. The summed E-state index contributed by atoms with van der Waals surface area (Å²) in [5.74, 6) is 0.538. The molecular weight excluding hydrogens is 349 g/mol. The number of hydrogen-bond donors (Lipinski definition) is 0. The highest BCUT2D eigenvalue weighted by molar-refractivity contribution is 5.76. The van der Waals surface area contributed by atoms with Gasteiger partial charge in [0.2, 0.25) is 5.91 Å². The lowest BCUT2D eigenvalue weighted by atomic mass is 10.2. The average molecular weight is 368 g/mol. The van der Waals surface area contributed by atoms with Gasteiger partial charge in [0.25, 0.3) is 0 Å². The Balaban J connectivity index is 1.54. The molecule has 0 spiro atoms. The smallest absolute Gasteiger partial charge is 0.435 e. The van der Waals surface area contributed by atoms with E-state index in [1.54, 1.807) is 12.0 Å². The number of methoxy groups -OCH3 is 1. The van der Waals surface area contributed by atoms with Gasteiger partial charge in [0.05, 0.1) is 7.11 Å². The van der Waals surface area contributed by atoms with E-state index in [0.29, 0.717) is 26.2 Å². The molecule has 0 bridgehead atoms. The predicted molar refractivity (Wildman–Crippen MR) is 89.0 cm³/mol. The molecule has 9 heteroatoms. The Labute approximate surface area is 148 Å². The summed E-state index contributed by atoms with van der Waals surface area (Å²) in [6, 6.07) is 8.54. The van der Waals surface area contributed by atoms with Crippen molar-refractivity contribution in [3.8, 4) is 5.75 Å². The van der Waals surface area contributed by atoms with Crippen LogP contribution in [0.2, 0.25) is 0 Å². The summed E-state index contributed by atoms with van der Waals surface area (Å²) >= 11 is 0. The van der Waals surface area contributed by atoms with Crippen molar-refractivity contribution in [2.75, 3.05) is 38.2 Å². The van der Waals surface area contributed by atoms with E-state index in [1.807, 2.05) is 24.3 Å². The standard InChI is InChI=1S/C17H19F3N4O2/c1-26-14-4-2-13(3-5-14)22-8-10-23(11-9-22)16(25)12-24-7-6-15(21-24)17(18,19)20/h2-7H,8-12H2,1H3. The Kier molecular flexibility index (Phi) is 5.06. The van der Waals surface area contributed by atoms with E-state index in [2.05, 4.69) is 10.00 Å². The molecule has 1 fully saturated rings. The van der Waals surface area contributed by atoms with E-state index in [-0.39, 0.29) is 12.5 Å². The van der Waals surface area contributed by atoms with E-state index in [0.717, 1.165) is 22.2 Å². The molecule has 3 rings (SSSR count). The number of alkyl halides is 3. The first kappa shape index (κ1) is 18.1. The minimum Gasteiger partial charge on any atom is -0.497 e. The lowest BCUT2D eigenvalue weighted by molar-refractivity contribution is -0.142. The molecule has 1 saturated heterocycles. The van der Waals surface area contributed by atoms with Crippen LogP contribution in [0.15, 0.2) is 36.5 Å². The molecule has 1 aromatic heterocycles. The van der Waals surface area contributed by atoms with Crippen molar-refractivity contribution in [3.63, 3.8) is 0 Å². The zero-order chi connectivity index (χ0) is 18.7. The zero-order valence-electron chi connectivity index (χ0n) is 14.2. The fourth-order valence-electron chi connectivity index (χ4n) is 2.85. The van der Waals surface area contributed by atoms with Gasteiger partial charge < -0.3 is 14.5 Å². The Morgan fingerprint density at radius 3 is 2.31 bits per heavy atom. The van der Waals surface area contributed by atoms with Gasteiger partial charge >= 0.3 is 6.18 Å². The van der Waals surface area contributed by atoms with E-state index in [4.69, 9.17) is 4.74 Å². The maximum atomic E-state index is 12.6. The molecule has 2 heterocycles. The maximum Gasteiger partial charge on any atom is 0.435 e. The van der Waals surface area contributed by atoms with Crippen molar-refractivity contribution in [2.24, 2.45) is 0 Å². The van der Waals surface area contributed by atoms with Crippen LogP contribution >= 0.6 is 0 Å². The van der Waals surface area contributed by atoms with Gasteiger partial charge in [-0.25, -0.2) is 0 Å². The molecule has 1 amide bonds. The Morgan fingerprint density at radius 1 is 1.12 bits per heavy atom. The molecule has 0 aliphatic carbocycles. The van der Waals surface area contributed by atoms with Crippen LogP contribution in [0, 0.1) is 0 Å². The number of nitrogens with zero attached hydrogens (tertiary/aromatic N) is 4. The van der Waals surface area contributed by atoms with Gasteiger partial charge in [-0.2, -0.15) is 18.3 Å². The number of halogens is 3. The van der Waals surface area contributed by atoms with Crippen LogP contribution in [0.1, 0.15) is 5.69 Å². The molecular formula is C17H19F3N4O2. The van der Waals surface area contributed by atoms with Crippen LogP contribution in [0.4, 0.5) is 18.9 Å². The van der Waals surface area contributed by atoms with Gasteiger partial charge in [-0.3, -0.25) is 9.48 Å². The second-order valence-electron chi connectivity index (χ2n) is 5.96. The van der Waals surface area contributed by atoms with E-state index in [1.165, 1.54) is 6.20 Å². The number of carbonyl (C=O) groups is 1. The molecule has 1 aliphatic rings. The number of carbonyl (C=O) groups excluding carboxylic acids is 1. The number of ether oxygens (including phenoxy) is 1. The third kappa shape index (κ3) is 4.09. The van der Waals surface area contributed by atoms with Crippen LogP contribution in [-0.2, 0) is 17.5 Å². The summed E-state index contributed by atoms with van der Waals surface area (Å²) in [7, 11) is 1.61. The summed E-state index contributed by atoms with van der Waals surface area (Å²) in [6.45, 7) is 2.14. The van der Waals surface area contributed by atoms with Crippen molar-refractivity contribution < 1.29 is 22.7 Å². The number of hydrogen-bond acceptors (Lipinski definition) is 4. The molecule has 0 radical (unpaired) electrons. The molecule has 140 valence electrons. The van der Waals surface area contributed by atoms with Crippen LogP contribution in [0.5, 0.6) is 5.75 Å². The monoisotopic (exact) mass is 368 g/mol. The highest BCUT2D eigenvalue weighted by Crippen LogP contribution is 2.27. The highest BCUT2D eigenvalue weighted by atomic mass is 19.4. The van der Waals surface area contributed by atoms with Crippen molar-refractivity contribution in [2.45, 2.75) is 12.7 Å². The van der Waals surface area contributed by atoms with Gasteiger partial charge in [0, 0.05) is 38.1 Å². The average Bonchev–Trinajstić information content (AvgIpc) is 3.11. The van der Waals surface area contributed by atoms with Crippen LogP contribution in [0.3, 0.4) is 0 Å². The molecule has 0 N–H and O–H groups in total. The van der Waals surface area contributed by atoms with Gasteiger partial charge in [0.1, 0.15) is 12.3 Å². The third-order valence-corrected chi connectivity index (χ3v) is 4.30. The van der Waals surface area contributed by atoms with Crippen LogP contribution in [0.25, 0.3) is 0 Å². The summed E-state index contributed by atoms with van der Waals surface area (Å²) in [5.41, 5.74) is 0.0504. The quantitative estimate of drug-likeness (QED) is 0.831. The van der Waals surface area contributed by atoms with Gasteiger partial charge in [0.15, 0.2) is 5.69 Å². The van der Waals surface area contributed by atoms with Gasteiger partial charge in [-0.15, -0.1) is 0 Å². The lowest BCUT2D eigenvalue weighted by Gasteiger charge is -2.36. The Bertz CT molecular complexity index is 750. The van der Waals surface area contributed by atoms with Gasteiger partial charge in [-0.1, -0.05) is 0 Å². The van der Waals surface area contributed by atoms with Crippen molar-refractivity contribution in [1.29, 1.82) is 0 Å². The van der Waals surface area contributed by atoms with E-state index in [9.17, 15) is 18.0 Å². The number of benzene rings is 1. The van der Waals surface area contributed by atoms with Crippen molar-refractivity contribution in [3.05, 3.63) is 42.2 Å². The number of amides is 1. The number of rotatable bonds is 4. The van der Waals surface area contributed by atoms with Gasteiger partial charge in [-0.05, 0) is 30.3 Å². The third-order valence-electron chi connectivity index (χ3n) is 4.30. The topological polar surface area (TPSA) is 50.6 Å². The summed E-state index contributed by atoms with van der Waals surface area (Å²) in [5, 5.41) is 3.42. The largest absolute Gasteiger partial charge is 0.497 e. The first-order valence-corrected chi connectivity index (χ1v) is 8.14. The normalized spacial score (nSPS) is 15.2. The second-order valence-corrected chi connectivity index (χ2v) is 5.96. The Hall–Kier alpha value is -2.71. The molecule has 1 aliphatic heterocycles. The number of aromatic nitrogens is 2. The zero-order valence-corrected chi connectivity index (χ0v) is 14.2. The maximum absolute atomic E-state index is 12.6. The number of anilines is 1. The molecule has 0 atom stereocenters. The fraction of sp³-hybridized carbons (Fsp3) is 0.412. The number of piperazine rings is 1. The van der Waals surface area contributed by atoms with Crippen LogP contribution in [-0.4, -0.2) is 53.9 Å². The summed E-state index contributed by atoms with van der Waals surface area (Å²) in [4.78, 5) is 16.1. The fourth-order valence-corrected chi connectivity index (χ4v) is 2.85. The second kappa shape index (κ2) is 7.27.